The number of aliphatic imine (C=N–C) groups is 2. The number of alkyl halides is 6. The summed E-state index contributed by atoms with van der Waals surface area (Å²) in [5.74, 6) is -4.04. The Bertz CT molecular complexity index is 892. The largest absolute Gasteiger partial charge is 0.490 e. The summed E-state index contributed by atoms with van der Waals surface area (Å²) in [5, 5.41) is 24.0. The standard InChI is InChI=1S/C11H12AsN3O2.2C2HF3O2/c1-17-9-7(16)3-2-6-8(9)14-11(12)15-5-4-13-10(6)15;2*3-2(4,5)1(6)7/h2-3,16H,4-5,12H2,1H3;2*(H,6,7). The number of phenolic OH excluding ortho intramolecular Hbond substituents is 1. The van der Waals surface area contributed by atoms with E-state index in [9.17, 15) is 31.4 Å². The first-order valence-electron chi connectivity index (χ1n) is 7.78. The van der Waals surface area contributed by atoms with E-state index < -0.39 is 24.3 Å². The number of halogens is 6. The number of hydrogen-bond acceptors (Lipinski definition) is 7. The third kappa shape index (κ3) is 6.77. The second-order valence-corrected chi connectivity index (χ2v) is 6.53. The normalized spacial score (nSPS) is 14.5. The van der Waals surface area contributed by atoms with Gasteiger partial charge in [0.15, 0.2) is 0 Å². The van der Waals surface area contributed by atoms with E-state index in [1.165, 1.54) is 24.0 Å². The number of amidine groups is 2. The van der Waals surface area contributed by atoms with Gasteiger partial charge in [-0.1, -0.05) is 0 Å². The summed E-state index contributed by atoms with van der Waals surface area (Å²) >= 11 is 1.45. The zero-order valence-electron chi connectivity index (χ0n) is 15.3. The molecule has 172 valence electrons. The Morgan fingerprint density at radius 2 is 1.58 bits per heavy atom. The summed E-state index contributed by atoms with van der Waals surface area (Å²) in [6, 6.07) is 3.46. The molecule has 0 aliphatic carbocycles. The molecule has 0 fully saturated rings. The van der Waals surface area contributed by atoms with Crippen LogP contribution in [-0.4, -0.2) is 92.0 Å². The van der Waals surface area contributed by atoms with E-state index in [4.69, 9.17) is 24.5 Å². The van der Waals surface area contributed by atoms with E-state index in [1.807, 2.05) is 6.07 Å². The predicted octanol–water partition coefficient (Wildman–Crippen LogP) is 1.36. The number of aromatic hydroxyl groups is 1. The van der Waals surface area contributed by atoms with Crippen LogP contribution < -0.4 is 4.74 Å². The van der Waals surface area contributed by atoms with Gasteiger partial charge < -0.3 is 10.2 Å². The van der Waals surface area contributed by atoms with Crippen LogP contribution in [0.5, 0.6) is 11.5 Å². The van der Waals surface area contributed by atoms with Crippen LogP contribution in [0.2, 0.25) is 0 Å². The number of fused-ring (bicyclic) bond motifs is 3. The Morgan fingerprint density at radius 3 is 2.00 bits per heavy atom. The van der Waals surface area contributed by atoms with Crippen LogP contribution in [0.25, 0.3) is 0 Å². The first kappa shape index (κ1) is 26.1. The molecule has 3 N–H and O–H groups in total. The fourth-order valence-corrected chi connectivity index (χ4v) is 2.93. The first-order valence-corrected chi connectivity index (χ1v) is 8.99. The molecule has 1 unspecified atom stereocenters. The van der Waals surface area contributed by atoms with Crippen molar-refractivity contribution >= 4 is 44.9 Å². The van der Waals surface area contributed by atoms with Crippen LogP contribution in [-0.2, 0) is 9.59 Å². The molecule has 9 nitrogen and oxygen atoms in total. The molecule has 3 rings (SSSR count). The van der Waals surface area contributed by atoms with Crippen LogP contribution in [0.4, 0.5) is 32.0 Å². The van der Waals surface area contributed by atoms with Crippen LogP contribution in [0, 0.1) is 0 Å². The second-order valence-electron chi connectivity index (χ2n) is 5.45. The van der Waals surface area contributed by atoms with Crippen molar-refractivity contribution in [2.75, 3.05) is 20.2 Å². The number of carbonyl (C=O) groups is 2. The zero-order valence-corrected chi connectivity index (χ0v) is 17.7. The molecule has 16 heteroatoms. The second kappa shape index (κ2) is 9.90. The summed E-state index contributed by atoms with van der Waals surface area (Å²) in [7, 11) is 1.54. The van der Waals surface area contributed by atoms with Gasteiger partial charge in [-0.3, -0.25) is 0 Å². The summed E-state index contributed by atoms with van der Waals surface area (Å²) in [6.45, 7) is 1.68. The topological polar surface area (TPSA) is 132 Å². The minimum Gasteiger partial charge on any atom is -0.475 e. The van der Waals surface area contributed by atoms with Gasteiger partial charge in [-0.15, -0.1) is 0 Å². The molecule has 0 spiro atoms. The number of carboxylic acid groups (broad SMARTS) is 2. The molecule has 2 aliphatic heterocycles. The Balaban J connectivity index is 0.000000288. The maximum Gasteiger partial charge on any atom is 0.490 e. The third-order valence-electron chi connectivity index (χ3n) is 3.38. The molecule has 0 radical (unpaired) electrons. The van der Waals surface area contributed by atoms with Crippen molar-refractivity contribution in [3.63, 3.8) is 0 Å². The molecule has 2 heterocycles. The zero-order chi connectivity index (χ0) is 24.1. The maximum atomic E-state index is 10.6. The first-order chi connectivity index (χ1) is 14.1. The number of rotatable bonds is 1. The number of ether oxygens (including phenoxy) is 1. The summed E-state index contributed by atoms with van der Waals surface area (Å²) in [6.07, 6.45) is -10.2. The molecule has 0 bridgehead atoms. The molecule has 0 aromatic heterocycles. The Morgan fingerprint density at radius 1 is 1.10 bits per heavy atom. The van der Waals surface area contributed by atoms with Crippen LogP contribution in [0.15, 0.2) is 22.1 Å². The van der Waals surface area contributed by atoms with Gasteiger partial charge in [0.05, 0.1) is 0 Å². The SMILES string of the molecule is COc1c(O)ccc2c1N=C([AsH2])N1CCN=C21.O=C(O)C(F)(F)F.O=C(O)C(F)(F)F. The fourth-order valence-electron chi connectivity index (χ4n) is 2.13. The quantitative estimate of drug-likeness (QED) is 0.376. The minimum atomic E-state index is -5.08. The summed E-state index contributed by atoms with van der Waals surface area (Å²) in [5.41, 5.74) is 1.61. The van der Waals surface area contributed by atoms with E-state index >= 15 is 0 Å². The van der Waals surface area contributed by atoms with E-state index in [2.05, 4.69) is 14.9 Å². The number of nitrogens with zero attached hydrogens (tertiary/aromatic N) is 3. The van der Waals surface area contributed by atoms with Gasteiger partial charge >= 0.3 is 131 Å². The Kier molecular flexibility index (Phi) is 8.32. The van der Waals surface area contributed by atoms with Gasteiger partial charge in [-0.2, -0.15) is 26.3 Å². The van der Waals surface area contributed by atoms with Gasteiger partial charge in [-0.25, -0.2) is 9.59 Å². The third-order valence-corrected chi connectivity index (χ3v) is 4.31. The van der Waals surface area contributed by atoms with Crippen LogP contribution in [0.1, 0.15) is 5.56 Å². The monoisotopic (exact) mass is 521 g/mol. The average Bonchev–Trinajstić information content (AvgIpc) is 3.12. The molecular weight excluding hydrogens is 507 g/mol. The van der Waals surface area contributed by atoms with Crippen molar-refractivity contribution in [3.05, 3.63) is 17.7 Å². The molecule has 1 aromatic carbocycles. The van der Waals surface area contributed by atoms with Crippen molar-refractivity contribution in [3.8, 4) is 11.5 Å². The Labute approximate surface area is 178 Å². The molecule has 0 amide bonds. The molecule has 0 saturated carbocycles. The van der Waals surface area contributed by atoms with Gasteiger partial charge in [0.25, 0.3) is 0 Å². The van der Waals surface area contributed by atoms with Crippen molar-refractivity contribution in [1.29, 1.82) is 0 Å². The molecule has 31 heavy (non-hydrogen) atoms. The van der Waals surface area contributed by atoms with Crippen molar-refractivity contribution in [1.82, 2.24) is 4.90 Å². The van der Waals surface area contributed by atoms with Crippen molar-refractivity contribution in [2.24, 2.45) is 9.98 Å². The average molecular weight is 521 g/mol. The Hall–Kier alpha value is -2.96. The van der Waals surface area contributed by atoms with E-state index in [-0.39, 0.29) is 5.75 Å². The number of carboxylic acids is 2. The molecule has 0 saturated heterocycles. The molecular formula is C15H14AsF6N3O6. The van der Waals surface area contributed by atoms with Crippen LogP contribution in [0.3, 0.4) is 0 Å². The van der Waals surface area contributed by atoms with Gasteiger partial charge in [0.2, 0.25) is 0 Å². The maximum absolute atomic E-state index is 10.6. The summed E-state index contributed by atoms with van der Waals surface area (Å²) in [4.78, 5) is 28.9. The minimum absolute atomic E-state index is 0.113. The molecule has 2 aliphatic rings. The van der Waals surface area contributed by atoms with Crippen molar-refractivity contribution < 1.29 is 56.0 Å². The number of methoxy groups -OCH3 is 1. The predicted molar refractivity (Wildman–Crippen MR) is 95.8 cm³/mol. The number of aliphatic carboxylic acids is 2. The number of hydrogen-bond donors (Lipinski definition) is 3. The molecule has 1 atom stereocenters. The summed E-state index contributed by atoms with van der Waals surface area (Å²) < 4.78 is 69.6. The van der Waals surface area contributed by atoms with Gasteiger partial charge in [-0.05, 0) is 0 Å². The van der Waals surface area contributed by atoms with E-state index in [1.54, 1.807) is 6.07 Å². The van der Waals surface area contributed by atoms with E-state index in [0.29, 0.717) is 11.4 Å². The molecule has 1 aromatic rings. The van der Waals surface area contributed by atoms with Crippen LogP contribution >= 0.6 is 0 Å². The number of benzene rings is 1. The van der Waals surface area contributed by atoms with Crippen molar-refractivity contribution in [2.45, 2.75) is 12.4 Å². The van der Waals surface area contributed by atoms with E-state index in [0.717, 1.165) is 29.1 Å². The smallest absolute Gasteiger partial charge is 0.475 e. The number of phenols is 1. The van der Waals surface area contributed by atoms with Gasteiger partial charge in [0.1, 0.15) is 0 Å². The van der Waals surface area contributed by atoms with Gasteiger partial charge in [0, 0.05) is 0 Å². The fraction of sp³-hybridized carbons (Fsp3) is 0.333.